The third-order valence-corrected chi connectivity index (χ3v) is 6.14. The van der Waals surface area contributed by atoms with E-state index in [2.05, 4.69) is 15.1 Å². The Bertz CT molecular complexity index is 949. The van der Waals surface area contributed by atoms with Crippen molar-refractivity contribution >= 4 is 28.9 Å². The molecule has 0 aliphatic carbocycles. The van der Waals surface area contributed by atoms with E-state index in [9.17, 15) is 18.0 Å². The summed E-state index contributed by atoms with van der Waals surface area (Å²) in [7, 11) is 0. The molecule has 2 aliphatic heterocycles. The van der Waals surface area contributed by atoms with E-state index in [0.29, 0.717) is 36.8 Å². The molecule has 2 unspecified atom stereocenters. The third-order valence-electron chi connectivity index (χ3n) is 5.90. The predicted octanol–water partition coefficient (Wildman–Crippen LogP) is 4.36. The zero-order valence-electron chi connectivity index (χ0n) is 16.5. The highest BCUT2D eigenvalue weighted by Gasteiger charge is 2.42. The Morgan fingerprint density at radius 1 is 1.20 bits per heavy atom. The maximum absolute atomic E-state index is 13.2. The number of piperazine rings is 1. The van der Waals surface area contributed by atoms with Crippen LogP contribution in [0.1, 0.15) is 18.1 Å². The summed E-state index contributed by atoms with van der Waals surface area (Å²) in [6.07, 6.45) is -4.12. The van der Waals surface area contributed by atoms with Gasteiger partial charge in [-0.25, -0.2) is 0 Å². The molecular formula is C22H23ClF3N3O. The highest BCUT2D eigenvalue weighted by Crippen LogP contribution is 2.40. The van der Waals surface area contributed by atoms with E-state index in [4.69, 9.17) is 11.6 Å². The van der Waals surface area contributed by atoms with Crippen LogP contribution in [-0.2, 0) is 17.4 Å². The van der Waals surface area contributed by atoms with Gasteiger partial charge in [0.25, 0.3) is 0 Å². The first-order valence-electron chi connectivity index (χ1n) is 10.0. The monoisotopic (exact) mass is 437 g/mol. The average molecular weight is 438 g/mol. The minimum Gasteiger partial charge on any atom is -0.368 e. The van der Waals surface area contributed by atoms with Gasteiger partial charge >= 0.3 is 6.18 Å². The van der Waals surface area contributed by atoms with Crippen LogP contribution in [0.2, 0.25) is 5.02 Å². The summed E-state index contributed by atoms with van der Waals surface area (Å²) in [5.74, 6) is -0.550. The fourth-order valence-electron chi connectivity index (χ4n) is 4.51. The van der Waals surface area contributed by atoms with E-state index < -0.39 is 17.7 Å². The summed E-state index contributed by atoms with van der Waals surface area (Å²) in [6, 6.07) is 11.3. The molecule has 0 saturated carbocycles. The van der Waals surface area contributed by atoms with Crippen LogP contribution in [0.3, 0.4) is 0 Å². The largest absolute Gasteiger partial charge is 0.416 e. The van der Waals surface area contributed by atoms with Gasteiger partial charge in [0.2, 0.25) is 5.91 Å². The van der Waals surface area contributed by atoms with Crippen LogP contribution in [0.5, 0.6) is 0 Å². The van der Waals surface area contributed by atoms with E-state index in [1.165, 1.54) is 6.07 Å². The van der Waals surface area contributed by atoms with Gasteiger partial charge in [0.15, 0.2) is 0 Å². The Hall–Kier alpha value is -2.41. The van der Waals surface area contributed by atoms with Crippen molar-refractivity contribution in [1.29, 1.82) is 0 Å². The Morgan fingerprint density at radius 3 is 2.70 bits per heavy atom. The maximum Gasteiger partial charge on any atom is 0.416 e. The van der Waals surface area contributed by atoms with Gasteiger partial charge in [0.1, 0.15) is 0 Å². The van der Waals surface area contributed by atoms with Gasteiger partial charge in [-0.15, -0.1) is 0 Å². The van der Waals surface area contributed by atoms with Gasteiger partial charge in [0, 0.05) is 42.6 Å². The Morgan fingerprint density at radius 2 is 2.00 bits per heavy atom. The highest BCUT2D eigenvalue weighted by atomic mass is 35.5. The van der Waals surface area contributed by atoms with Crippen LogP contribution in [-0.4, -0.2) is 38.1 Å². The van der Waals surface area contributed by atoms with Gasteiger partial charge in [0.05, 0.1) is 17.5 Å². The second-order valence-corrected chi connectivity index (χ2v) is 8.17. The third kappa shape index (κ3) is 3.95. The Balaban J connectivity index is 1.69. The number of benzene rings is 2. The van der Waals surface area contributed by atoms with Crippen LogP contribution in [0, 0.1) is 5.92 Å². The van der Waals surface area contributed by atoms with Crippen LogP contribution in [0.4, 0.5) is 24.5 Å². The number of rotatable bonds is 3. The number of halogens is 4. The van der Waals surface area contributed by atoms with Crippen molar-refractivity contribution in [1.82, 2.24) is 5.32 Å². The molecule has 1 fully saturated rings. The quantitative estimate of drug-likeness (QED) is 0.774. The zero-order chi connectivity index (χ0) is 21.5. The lowest BCUT2D eigenvalue weighted by atomic mass is 9.82. The molecule has 2 heterocycles. The lowest BCUT2D eigenvalue weighted by Crippen LogP contribution is -2.61. The number of carbonyl (C=O) groups excluding carboxylic acids is 1. The van der Waals surface area contributed by atoms with Crippen molar-refractivity contribution < 1.29 is 18.0 Å². The Labute approximate surface area is 178 Å². The topological polar surface area (TPSA) is 35.6 Å². The summed E-state index contributed by atoms with van der Waals surface area (Å²) >= 11 is 6.15. The smallest absolute Gasteiger partial charge is 0.368 e. The molecule has 0 spiro atoms. The lowest BCUT2D eigenvalue weighted by Gasteiger charge is -2.49. The van der Waals surface area contributed by atoms with Crippen molar-refractivity contribution in [2.45, 2.75) is 25.6 Å². The standard InChI is InChI=1S/C22H23ClF3N3O/c1-2-27-21(30)18-11-14-10-15(22(24,25)26)6-7-19(14)29-9-8-28(13-20(18)29)17-5-3-4-16(23)12-17/h3-7,10,12,18,20H,2,8-9,11,13H2,1H3,(H,27,30). The van der Waals surface area contributed by atoms with E-state index in [1.807, 2.05) is 31.2 Å². The molecule has 30 heavy (non-hydrogen) atoms. The zero-order valence-corrected chi connectivity index (χ0v) is 17.3. The minimum atomic E-state index is -4.40. The molecule has 1 N–H and O–H groups in total. The van der Waals surface area contributed by atoms with Gasteiger partial charge in [-0.1, -0.05) is 17.7 Å². The van der Waals surface area contributed by atoms with Gasteiger partial charge in [-0.3, -0.25) is 4.79 Å². The SMILES string of the molecule is CCNC(=O)C1Cc2cc(C(F)(F)F)ccc2N2CCN(c3cccc(Cl)c3)CC12. The number of nitrogens with one attached hydrogen (secondary N) is 1. The average Bonchev–Trinajstić information content (AvgIpc) is 2.71. The van der Waals surface area contributed by atoms with E-state index in [1.54, 1.807) is 6.07 Å². The summed E-state index contributed by atoms with van der Waals surface area (Å²) in [4.78, 5) is 17.1. The van der Waals surface area contributed by atoms with Gasteiger partial charge < -0.3 is 15.1 Å². The normalized spacial score (nSPS) is 21.1. The number of amides is 1. The minimum absolute atomic E-state index is 0.122. The molecule has 0 aromatic heterocycles. The number of carbonyl (C=O) groups is 1. The molecular weight excluding hydrogens is 415 g/mol. The summed E-state index contributed by atoms with van der Waals surface area (Å²) in [5, 5.41) is 3.50. The molecule has 2 aliphatic rings. The number of nitrogens with zero attached hydrogens (tertiary/aromatic N) is 2. The summed E-state index contributed by atoms with van der Waals surface area (Å²) in [5.41, 5.74) is 1.68. The first-order chi connectivity index (χ1) is 14.3. The van der Waals surface area contributed by atoms with Crippen LogP contribution in [0.25, 0.3) is 0 Å². The molecule has 1 saturated heterocycles. The van der Waals surface area contributed by atoms with Crippen molar-refractivity contribution in [3.8, 4) is 0 Å². The number of fused-ring (bicyclic) bond motifs is 3. The first-order valence-corrected chi connectivity index (χ1v) is 10.4. The molecule has 2 atom stereocenters. The first kappa shape index (κ1) is 20.8. The van der Waals surface area contributed by atoms with Gasteiger partial charge in [-0.05, 0) is 55.3 Å². The van der Waals surface area contributed by atoms with E-state index >= 15 is 0 Å². The van der Waals surface area contributed by atoms with Gasteiger partial charge in [-0.2, -0.15) is 13.2 Å². The summed E-state index contributed by atoms with van der Waals surface area (Å²) in [6.45, 7) is 4.23. The van der Waals surface area contributed by atoms with Crippen molar-refractivity contribution in [3.05, 3.63) is 58.6 Å². The molecule has 0 radical (unpaired) electrons. The number of hydrogen-bond donors (Lipinski definition) is 1. The number of anilines is 2. The second kappa shape index (κ2) is 8.02. The molecule has 4 nitrogen and oxygen atoms in total. The fourth-order valence-corrected chi connectivity index (χ4v) is 4.70. The van der Waals surface area contributed by atoms with Crippen LogP contribution < -0.4 is 15.1 Å². The van der Waals surface area contributed by atoms with Crippen molar-refractivity contribution in [2.24, 2.45) is 5.92 Å². The molecule has 1 amide bonds. The maximum atomic E-state index is 13.2. The number of alkyl halides is 3. The molecule has 0 bridgehead atoms. The molecule has 4 rings (SSSR count). The van der Waals surface area contributed by atoms with E-state index in [-0.39, 0.29) is 18.4 Å². The Kier molecular flexibility index (Phi) is 5.57. The molecule has 2 aromatic rings. The lowest BCUT2D eigenvalue weighted by molar-refractivity contribution is -0.137. The van der Waals surface area contributed by atoms with Crippen LogP contribution >= 0.6 is 11.6 Å². The molecule has 2 aromatic carbocycles. The molecule has 160 valence electrons. The highest BCUT2D eigenvalue weighted by molar-refractivity contribution is 6.30. The summed E-state index contributed by atoms with van der Waals surface area (Å²) < 4.78 is 39.7. The van der Waals surface area contributed by atoms with Crippen molar-refractivity contribution in [3.63, 3.8) is 0 Å². The number of hydrogen-bond acceptors (Lipinski definition) is 3. The second-order valence-electron chi connectivity index (χ2n) is 7.73. The predicted molar refractivity (Wildman–Crippen MR) is 112 cm³/mol. The fraction of sp³-hybridized carbons (Fsp3) is 0.409. The van der Waals surface area contributed by atoms with E-state index in [0.717, 1.165) is 17.4 Å². The van der Waals surface area contributed by atoms with Crippen molar-refractivity contribution in [2.75, 3.05) is 36.0 Å². The van der Waals surface area contributed by atoms with Crippen LogP contribution in [0.15, 0.2) is 42.5 Å². The molecule has 8 heteroatoms.